The van der Waals surface area contributed by atoms with E-state index >= 15 is 0 Å². The highest BCUT2D eigenvalue weighted by molar-refractivity contribution is 7.09. The Morgan fingerprint density at radius 1 is 1.53 bits per heavy atom. The molecule has 0 aliphatic heterocycles. The smallest absolute Gasteiger partial charge is 0.328 e. The molecule has 0 aliphatic rings. The third-order valence-electron chi connectivity index (χ3n) is 2.19. The number of nitrogens with two attached hydrogens (primary N) is 1. The maximum Gasteiger partial charge on any atom is 0.406 e. The molecule has 19 heavy (non-hydrogen) atoms. The fourth-order valence-corrected chi connectivity index (χ4v) is 2.19. The summed E-state index contributed by atoms with van der Waals surface area (Å²) in [5.41, 5.74) is 5.39. The van der Waals surface area contributed by atoms with Crippen molar-refractivity contribution < 1.29 is 18.0 Å². The first-order chi connectivity index (χ1) is 8.73. The van der Waals surface area contributed by atoms with Crippen molar-refractivity contribution in [3.63, 3.8) is 0 Å². The van der Waals surface area contributed by atoms with Crippen LogP contribution >= 0.6 is 11.3 Å². The van der Waals surface area contributed by atoms with Gasteiger partial charge in [-0.25, -0.2) is 4.98 Å². The molecule has 0 bridgehead atoms. The number of halogens is 3. The number of carbonyl (C=O) groups excluding carboxylic acids is 1. The lowest BCUT2D eigenvalue weighted by Crippen LogP contribution is -2.41. The van der Waals surface area contributed by atoms with Crippen molar-refractivity contribution in [1.29, 1.82) is 0 Å². The van der Waals surface area contributed by atoms with Gasteiger partial charge in [-0.2, -0.15) is 13.2 Å². The van der Waals surface area contributed by atoms with E-state index in [-0.39, 0.29) is 24.7 Å². The predicted octanol–water partition coefficient (Wildman–Crippen LogP) is 2.26. The average molecular weight is 295 g/mol. The third kappa shape index (κ3) is 5.15. The normalized spacial score (nSPS) is 11.9. The largest absolute Gasteiger partial charge is 0.406 e. The van der Waals surface area contributed by atoms with E-state index in [9.17, 15) is 18.0 Å². The van der Waals surface area contributed by atoms with Crippen molar-refractivity contribution >= 4 is 17.2 Å². The van der Waals surface area contributed by atoms with Gasteiger partial charge in [0.2, 0.25) is 0 Å². The van der Waals surface area contributed by atoms with Gasteiger partial charge in [0, 0.05) is 18.5 Å². The van der Waals surface area contributed by atoms with Crippen LogP contribution in [0.2, 0.25) is 0 Å². The van der Waals surface area contributed by atoms with Crippen LogP contribution in [0.3, 0.4) is 0 Å². The summed E-state index contributed by atoms with van der Waals surface area (Å²) in [6.07, 6.45) is -4.42. The highest BCUT2D eigenvalue weighted by Crippen LogP contribution is 2.20. The van der Waals surface area contributed by atoms with Crippen molar-refractivity contribution in [2.24, 2.45) is 11.7 Å². The van der Waals surface area contributed by atoms with Crippen LogP contribution in [0.4, 0.5) is 13.2 Å². The molecule has 2 N–H and O–H groups in total. The molecule has 0 unspecified atom stereocenters. The Labute approximate surface area is 113 Å². The Hall–Kier alpha value is -1.15. The second kappa shape index (κ2) is 6.33. The number of aromatic nitrogens is 1. The zero-order valence-electron chi connectivity index (χ0n) is 10.7. The number of hydrogen-bond donors (Lipinski definition) is 1. The number of hydrogen-bond acceptors (Lipinski definition) is 4. The number of carbonyl (C=O) groups is 1. The Bertz CT molecular complexity index is 431. The van der Waals surface area contributed by atoms with E-state index in [0.29, 0.717) is 5.01 Å². The van der Waals surface area contributed by atoms with Gasteiger partial charge in [-0.05, 0) is 5.92 Å². The second-order valence-electron chi connectivity index (χ2n) is 4.53. The van der Waals surface area contributed by atoms with Crippen LogP contribution in [0.25, 0.3) is 0 Å². The van der Waals surface area contributed by atoms with Gasteiger partial charge >= 0.3 is 6.18 Å². The lowest BCUT2D eigenvalue weighted by Gasteiger charge is -2.24. The minimum atomic E-state index is -4.42. The zero-order valence-corrected chi connectivity index (χ0v) is 11.5. The topological polar surface area (TPSA) is 59.2 Å². The van der Waals surface area contributed by atoms with Gasteiger partial charge in [0.05, 0.1) is 0 Å². The minimum absolute atomic E-state index is 0.0235. The SMILES string of the molecule is CC(C)CN(CC(F)(F)F)C(=O)c1csc(CN)n1. The van der Waals surface area contributed by atoms with E-state index in [2.05, 4.69) is 4.98 Å². The first-order valence-electron chi connectivity index (χ1n) is 5.73. The molecule has 1 aromatic rings. The predicted molar refractivity (Wildman–Crippen MR) is 66.8 cm³/mol. The molecule has 0 spiro atoms. The van der Waals surface area contributed by atoms with Gasteiger partial charge in [0.25, 0.3) is 5.91 Å². The van der Waals surface area contributed by atoms with Crippen LogP contribution in [0.5, 0.6) is 0 Å². The molecule has 1 heterocycles. The number of thiazole rings is 1. The Morgan fingerprint density at radius 2 is 2.16 bits per heavy atom. The molecule has 108 valence electrons. The summed E-state index contributed by atoms with van der Waals surface area (Å²) < 4.78 is 37.4. The van der Waals surface area contributed by atoms with Crippen LogP contribution in [0.15, 0.2) is 5.38 Å². The third-order valence-corrected chi connectivity index (χ3v) is 3.06. The Balaban J connectivity index is 2.87. The molecule has 0 atom stereocenters. The van der Waals surface area contributed by atoms with E-state index in [1.807, 2.05) is 0 Å². The van der Waals surface area contributed by atoms with Crippen LogP contribution in [-0.2, 0) is 6.54 Å². The first kappa shape index (κ1) is 15.9. The van der Waals surface area contributed by atoms with Crippen LogP contribution < -0.4 is 5.73 Å². The van der Waals surface area contributed by atoms with Gasteiger partial charge in [0.15, 0.2) is 0 Å². The fourth-order valence-electron chi connectivity index (χ4n) is 1.54. The van der Waals surface area contributed by atoms with E-state index in [1.54, 1.807) is 13.8 Å². The summed E-state index contributed by atoms with van der Waals surface area (Å²) >= 11 is 1.17. The second-order valence-corrected chi connectivity index (χ2v) is 5.47. The highest BCUT2D eigenvalue weighted by atomic mass is 32.1. The van der Waals surface area contributed by atoms with E-state index in [1.165, 1.54) is 16.7 Å². The van der Waals surface area contributed by atoms with Crippen molar-refractivity contribution in [1.82, 2.24) is 9.88 Å². The monoisotopic (exact) mass is 295 g/mol. The molecule has 0 fully saturated rings. The standard InChI is InChI=1S/C11H16F3N3OS/c1-7(2)4-17(6-11(12,13)14)10(18)8-5-19-9(3-15)16-8/h5,7H,3-4,6,15H2,1-2H3. The van der Waals surface area contributed by atoms with Gasteiger partial charge in [-0.1, -0.05) is 13.8 Å². The van der Waals surface area contributed by atoms with E-state index < -0.39 is 18.6 Å². The molecular weight excluding hydrogens is 279 g/mol. The number of amides is 1. The summed E-state index contributed by atoms with van der Waals surface area (Å²) in [4.78, 5) is 16.7. The Morgan fingerprint density at radius 3 is 2.58 bits per heavy atom. The number of rotatable bonds is 5. The molecule has 0 aromatic carbocycles. The van der Waals surface area contributed by atoms with Gasteiger partial charge in [-0.3, -0.25) is 4.79 Å². The minimum Gasteiger partial charge on any atom is -0.328 e. The van der Waals surface area contributed by atoms with Crippen molar-refractivity contribution in [3.8, 4) is 0 Å². The molecule has 1 amide bonds. The molecule has 1 rings (SSSR count). The lowest BCUT2D eigenvalue weighted by atomic mass is 10.2. The zero-order chi connectivity index (χ0) is 14.6. The Kier molecular flexibility index (Phi) is 5.30. The van der Waals surface area contributed by atoms with Crippen molar-refractivity contribution in [2.75, 3.05) is 13.1 Å². The molecule has 8 heteroatoms. The summed E-state index contributed by atoms with van der Waals surface area (Å²) in [5.74, 6) is -0.763. The lowest BCUT2D eigenvalue weighted by molar-refractivity contribution is -0.141. The van der Waals surface area contributed by atoms with E-state index in [4.69, 9.17) is 5.73 Å². The molecule has 0 saturated heterocycles. The maximum atomic E-state index is 12.5. The van der Waals surface area contributed by atoms with Crippen molar-refractivity contribution in [2.45, 2.75) is 26.6 Å². The molecular formula is C11H16F3N3OS. The number of nitrogens with zero attached hydrogens (tertiary/aromatic N) is 2. The fraction of sp³-hybridized carbons (Fsp3) is 0.636. The molecule has 0 saturated carbocycles. The highest BCUT2D eigenvalue weighted by Gasteiger charge is 2.34. The summed E-state index contributed by atoms with van der Waals surface area (Å²) in [6, 6.07) is 0. The van der Waals surface area contributed by atoms with Crippen LogP contribution in [0.1, 0.15) is 29.3 Å². The van der Waals surface area contributed by atoms with Gasteiger partial charge in [0.1, 0.15) is 17.2 Å². The maximum absolute atomic E-state index is 12.5. The molecule has 0 radical (unpaired) electrons. The van der Waals surface area contributed by atoms with Crippen molar-refractivity contribution in [3.05, 3.63) is 16.1 Å². The average Bonchev–Trinajstić information content (AvgIpc) is 2.73. The van der Waals surface area contributed by atoms with Crippen LogP contribution in [0, 0.1) is 5.92 Å². The van der Waals surface area contributed by atoms with Gasteiger partial charge < -0.3 is 10.6 Å². The molecule has 1 aromatic heterocycles. The summed E-state index contributed by atoms with van der Waals surface area (Å²) in [7, 11) is 0. The first-order valence-corrected chi connectivity index (χ1v) is 6.61. The summed E-state index contributed by atoms with van der Waals surface area (Å²) in [6.45, 7) is 2.45. The molecule has 4 nitrogen and oxygen atoms in total. The van der Waals surface area contributed by atoms with Gasteiger partial charge in [-0.15, -0.1) is 11.3 Å². The summed E-state index contributed by atoms with van der Waals surface area (Å²) in [5, 5.41) is 1.97. The number of alkyl halides is 3. The van der Waals surface area contributed by atoms with Crippen LogP contribution in [-0.4, -0.2) is 35.1 Å². The quantitative estimate of drug-likeness (QED) is 0.906. The van der Waals surface area contributed by atoms with E-state index in [0.717, 1.165) is 4.90 Å². The molecule has 0 aliphatic carbocycles.